The number of imidazole rings is 1. The molecule has 0 aliphatic carbocycles. The number of aromatic amines is 2. The first-order valence-electron chi connectivity index (χ1n) is 6.55. The van der Waals surface area contributed by atoms with Crippen molar-refractivity contribution in [2.24, 2.45) is 0 Å². The lowest BCUT2D eigenvalue weighted by molar-refractivity contribution is 0.106. The van der Waals surface area contributed by atoms with Crippen molar-refractivity contribution in [1.82, 2.24) is 20.2 Å². The van der Waals surface area contributed by atoms with E-state index in [0.717, 1.165) is 42.8 Å². The molecule has 1 aliphatic heterocycles. The molecule has 2 heterocycles. The van der Waals surface area contributed by atoms with Crippen molar-refractivity contribution >= 4 is 11.0 Å². The Morgan fingerprint density at radius 3 is 2.74 bits per heavy atom. The normalized spacial score (nSPS) is 18.8. The zero-order valence-electron chi connectivity index (χ0n) is 10.6. The summed E-state index contributed by atoms with van der Waals surface area (Å²) < 4.78 is 0. The number of nitrogens with one attached hydrogen (secondary N) is 3. The Morgan fingerprint density at radius 2 is 1.95 bits per heavy atom. The second-order valence-corrected chi connectivity index (χ2v) is 4.95. The number of aliphatic hydroxyl groups excluding tert-OH is 1. The number of fused-ring (bicyclic) bond motifs is 1. The Bertz CT molecular complexity index is 612. The minimum Gasteiger partial charge on any atom is -0.387 e. The van der Waals surface area contributed by atoms with Gasteiger partial charge in [0.2, 0.25) is 0 Å². The summed E-state index contributed by atoms with van der Waals surface area (Å²) in [6, 6.07) is 5.52. The average molecular weight is 262 g/mol. The fraction of sp³-hybridized carbons (Fsp3) is 0.462. The van der Waals surface area contributed by atoms with Crippen LogP contribution in [0.15, 0.2) is 23.0 Å². The van der Waals surface area contributed by atoms with Gasteiger partial charge in [-0.25, -0.2) is 4.79 Å². The molecular weight excluding hydrogens is 244 g/mol. The van der Waals surface area contributed by atoms with Crippen LogP contribution >= 0.6 is 0 Å². The Labute approximate surface area is 110 Å². The van der Waals surface area contributed by atoms with Gasteiger partial charge in [-0.3, -0.25) is 4.90 Å². The van der Waals surface area contributed by atoms with Crippen LogP contribution in [0.3, 0.4) is 0 Å². The topological polar surface area (TPSA) is 84.2 Å². The summed E-state index contributed by atoms with van der Waals surface area (Å²) >= 11 is 0. The van der Waals surface area contributed by atoms with E-state index in [1.165, 1.54) is 0 Å². The summed E-state index contributed by atoms with van der Waals surface area (Å²) in [4.78, 5) is 18.8. The molecule has 1 aliphatic rings. The molecule has 2 aromatic rings. The van der Waals surface area contributed by atoms with Crippen LogP contribution in [-0.2, 0) is 0 Å². The van der Waals surface area contributed by atoms with Crippen LogP contribution in [0.4, 0.5) is 0 Å². The Hall–Kier alpha value is -1.63. The molecule has 6 heteroatoms. The van der Waals surface area contributed by atoms with E-state index in [0.29, 0.717) is 6.54 Å². The van der Waals surface area contributed by atoms with E-state index in [2.05, 4.69) is 20.2 Å². The minimum absolute atomic E-state index is 0.219. The van der Waals surface area contributed by atoms with Crippen molar-refractivity contribution in [3.63, 3.8) is 0 Å². The van der Waals surface area contributed by atoms with E-state index in [-0.39, 0.29) is 5.69 Å². The van der Waals surface area contributed by atoms with Gasteiger partial charge in [-0.2, -0.15) is 0 Å². The molecule has 0 saturated carbocycles. The summed E-state index contributed by atoms with van der Waals surface area (Å²) in [5, 5.41) is 13.6. The second kappa shape index (κ2) is 5.16. The minimum atomic E-state index is -0.527. The number of rotatable bonds is 3. The fourth-order valence-corrected chi connectivity index (χ4v) is 2.50. The number of aromatic nitrogens is 2. The predicted octanol–water partition coefficient (Wildman–Crippen LogP) is -0.205. The average Bonchev–Trinajstić information content (AvgIpc) is 2.78. The third-order valence-corrected chi connectivity index (χ3v) is 3.57. The molecule has 1 saturated heterocycles. The first-order chi connectivity index (χ1) is 9.22. The molecule has 6 nitrogen and oxygen atoms in total. The predicted molar refractivity (Wildman–Crippen MR) is 73.2 cm³/mol. The highest BCUT2D eigenvalue weighted by atomic mass is 16.3. The number of H-pyrrole nitrogens is 2. The molecule has 0 amide bonds. The fourth-order valence-electron chi connectivity index (χ4n) is 2.50. The Morgan fingerprint density at radius 1 is 1.21 bits per heavy atom. The van der Waals surface area contributed by atoms with Crippen molar-refractivity contribution in [2.45, 2.75) is 6.10 Å². The lowest BCUT2D eigenvalue weighted by Gasteiger charge is -2.29. The third-order valence-electron chi connectivity index (χ3n) is 3.57. The van der Waals surface area contributed by atoms with Gasteiger partial charge in [-0.05, 0) is 17.7 Å². The van der Waals surface area contributed by atoms with E-state index in [1.54, 1.807) is 0 Å². The summed E-state index contributed by atoms with van der Waals surface area (Å²) in [6.45, 7) is 4.48. The molecule has 1 fully saturated rings. The van der Waals surface area contributed by atoms with Crippen molar-refractivity contribution < 1.29 is 5.11 Å². The van der Waals surface area contributed by atoms with E-state index in [1.807, 2.05) is 18.2 Å². The molecule has 1 aromatic carbocycles. The van der Waals surface area contributed by atoms with Crippen LogP contribution in [0, 0.1) is 0 Å². The van der Waals surface area contributed by atoms with Crippen molar-refractivity contribution in [3.05, 3.63) is 34.2 Å². The molecule has 102 valence electrons. The SMILES string of the molecule is O=c1[nH]c2ccc(C(O)CN3CCNCC3)cc2[nH]1. The number of aliphatic hydroxyl groups is 1. The summed E-state index contributed by atoms with van der Waals surface area (Å²) in [5.74, 6) is 0. The molecule has 1 aromatic heterocycles. The van der Waals surface area contributed by atoms with Gasteiger partial charge in [0, 0.05) is 32.7 Å². The van der Waals surface area contributed by atoms with Gasteiger partial charge in [0.1, 0.15) is 0 Å². The van der Waals surface area contributed by atoms with E-state index in [4.69, 9.17) is 0 Å². The highest BCUT2D eigenvalue weighted by molar-refractivity contribution is 5.75. The largest absolute Gasteiger partial charge is 0.387 e. The summed E-state index contributed by atoms with van der Waals surface area (Å²) in [7, 11) is 0. The highest BCUT2D eigenvalue weighted by Gasteiger charge is 2.16. The van der Waals surface area contributed by atoms with E-state index < -0.39 is 6.10 Å². The zero-order chi connectivity index (χ0) is 13.2. The number of benzene rings is 1. The number of hydrogen-bond donors (Lipinski definition) is 4. The van der Waals surface area contributed by atoms with Gasteiger partial charge in [-0.1, -0.05) is 6.07 Å². The molecule has 19 heavy (non-hydrogen) atoms. The standard InChI is InChI=1S/C13H18N4O2/c18-12(8-17-5-3-14-4-6-17)9-1-2-10-11(7-9)16-13(19)15-10/h1-2,7,12,14,18H,3-6,8H2,(H2,15,16,19). The molecule has 1 atom stereocenters. The number of nitrogens with zero attached hydrogens (tertiary/aromatic N) is 1. The van der Waals surface area contributed by atoms with E-state index in [9.17, 15) is 9.90 Å². The monoisotopic (exact) mass is 262 g/mol. The maximum absolute atomic E-state index is 11.2. The first kappa shape index (κ1) is 12.4. The third kappa shape index (κ3) is 2.70. The van der Waals surface area contributed by atoms with Crippen molar-refractivity contribution in [3.8, 4) is 0 Å². The lowest BCUT2D eigenvalue weighted by atomic mass is 10.1. The van der Waals surface area contributed by atoms with Crippen LogP contribution in [0.25, 0.3) is 11.0 Å². The molecule has 3 rings (SSSR count). The van der Waals surface area contributed by atoms with Crippen molar-refractivity contribution in [2.75, 3.05) is 32.7 Å². The van der Waals surface area contributed by atoms with Crippen LogP contribution in [0.1, 0.15) is 11.7 Å². The van der Waals surface area contributed by atoms with Gasteiger partial charge < -0.3 is 20.4 Å². The molecule has 4 N–H and O–H groups in total. The maximum Gasteiger partial charge on any atom is 0.323 e. The van der Waals surface area contributed by atoms with Crippen LogP contribution in [0.5, 0.6) is 0 Å². The number of piperazine rings is 1. The molecule has 0 bridgehead atoms. The Balaban J connectivity index is 1.76. The summed E-state index contributed by atoms with van der Waals surface area (Å²) in [6.07, 6.45) is -0.527. The molecule has 0 radical (unpaired) electrons. The molecule has 1 unspecified atom stereocenters. The zero-order valence-corrected chi connectivity index (χ0v) is 10.6. The first-order valence-corrected chi connectivity index (χ1v) is 6.55. The number of hydrogen-bond acceptors (Lipinski definition) is 4. The van der Waals surface area contributed by atoms with Crippen LogP contribution in [-0.4, -0.2) is 52.7 Å². The lowest BCUT2D eigenvalue weighted by Crippen LogP contribution is -2.44. The highest BCUT2D eigenvalue weighted by Crippen LogP contribution is 2.18. The maximum atomic E-state index is 11.2. The summed E-state index contributed by atoms with van der Waals surface area (Å²) in [5.41, 5.74) is 2.12. The van der Waals surface area contributed by atoms with Gasteiger partial charge >= 0.3 is 5.69 Å². The molecular formula is C13H18N4O2. The smallest absolute Gasteiger partial charge is 0.323 e. The van der Waals surface area contributed by atoms with Gasteiger partial charge in [0.15, 0.2) is 0 Å². The van der Waals surface area contributed by atoms with Gasteiger partial charge in [0.25, 0.3) is 0 Å². The molecule has 0 spiro atoms. The van der Waals surface area contributed by atoms with Gasteiger partial charge in [0.05, 0.1) is 17.1 Å². The quantitative estimate of drug-likeness (QED) is 0.617. The van der Waals surface area contributed by atoms with Crippen molar-refractivity contribution in [1.29, 1.82) is 0 Å². The second-order valence-electron chi connectivity index (χ2n) is 4.95. The van der Waals surface area contributed by atoms with Gasteiger partial charge in [-0.15, -0.1) is 0 Å². The Kier molecular flexibility index (Phi) is 3.37. The van der Waals surface area contributed by atoms with Crippen LogP contribution < -0.4 is 11.0 Å². The number of β-amino-alcohol motifs (C(OH)–C–C–N with tert-alkyl or cyclic N) is 1. The van der Waals surface area contributed by atoms with Crippen LogP contribution in [0.2, 0.25) is 0 Å². The van der Waals surface area contributed by atoms with E-state index >= 15 is 0 Å².